The Hall–Kier alpha value is -3.22. The predicted octanol–water partition coefficient (Wildman–Crippen LogP) is 4.39. The third-order valence-electron chi connectivity index (χ3n) is 8.81. The molecule has 6 rings (SSSR count). The minimum atomic E-state index is 0.0958. The number of pyridine rings is 1. The number of nitrogens with zero attached hydrogens (tertiary/aromatic N) is 4. The summed E-state index contributed by atoms with van der Waals surface area (Å²) in [6.45, 7) is 3.25. The number of carbonyl (C=O) groups excluding carboxylic acids is 2. The molecule has 4 heterocycles. The van der Waals surface area contributed by atoms with Crippen LogP contribution in [0.2, 0.25) is 0 Å². The number of rotatable bonds is 3. The number of piperidine rings is 2. The molecule has 1 saturated carbocycles. The lowest BCUT2D eigenvalue weighted by Gasteiger charge is -2.40. The number of nitrogens with one attached hydrogen (secondary N) is 1. The third kappa shape index (κ3) is 4.32. The molecule has 7 nitrogen and oxygen atoms in total. The fraction of sp³-hybridized carbons (Fsp3) is 0.500. The first-order valence-corrected chi connectivity index (χ1v) is 13.0. The zero-order valence-electron chi connectivity index (χ0n) is 20.2. The molecule has 0 bridgehead atoms. The van der Waals surface area contributed by atoms with Gasteiger partial charge in [-0.1, -0.05) is 12.1 Å². The molecule has 2 saturated heterocycles. The highest BCUT2D eigenvalue weighted by Crippen LogP contribution is 2.49. The first-order chi connectivity index (χ1) is 17.1. The minimum Gasteiger partial charge on any atom is -0.342 e. The molecule has 1 aliphatic carbocycles. The molecule has 182 valence electrons. The highest BCUT2D eigenvalue weighted by Gasteiger charge is 2.45. The van der Waals surface area contributed by atoms with E-state index in [1.54, 1.807) is 6.20 Å². The number of aromatic nitrogens is 3. The number of likely N-dealkylation sites (tertiary alicyclic amines) is 2. The third-order valence-corrected chi connectivity index (χ3v) is 8.81. The van der Waals surface area contributed by atoms with Crippen molar-refractivity contribution in [2.24, 2.45) is 11.3 Å². The smallest absolute Gasteiger partial charge is 0.253 e. The fourth-order valence-corrected chi connectivity index (χ4v) is 6.62. The Morgan fingerprint density at radius 3 is 2.54 bits per heavy atom. The minimum absolute atomic E-state index is 0.0958. The van der Waals surface area contributed by atoms with Gasteiger partial charge in [-0.05, 0) is 80.0 Å². The maximum absolute atomic E-state index is 13.4. The summed E-state index contributed by atoms with van der Waals surface area (Å²) in [5.41, 5.74) is 3.13. The van der Waals surface area contributed by atoms with Gasteiger partial charge in [0.15, 0.2) is 0 Å². The second-order valence-corrected chi connectivity index (χ2v) is 10.8. The van der Waals surface area contributed by atoms with Gasteiger partial charge in [0.25, 0.3) is 5.91 Å². The van der Waals surface area contributed by atoms with Crippen LogP contribution in [0.4, 0.5) is 0 Å². The van der Waals surface area contributed by atoms with Gasteiger partial charge in [-0.25, -0.2) is 0 Å². The van der Waals surface area contributed by atoms with E-state index < -0.39 is 0 Å². The first kappa shape index (κ1) is 22.3. The Balaban J connectivity index is 1.02. The van der Waals surface area contributed by atoms with Gasteiger partial charge >= 0.3 is 0 Å². The molecule has 3 fully saturated rings. The predicted molar refractivity (Wildman–Crippen MR) is 134 cm³/mol. The second-order valence-electron chi connectivity index (χ2n) is 10.8. The maximum Gasteiger partial charge on any atom is 0.253 e. The molecule has 35 heavy (non-hydrogen) atoms. The summed E-state index contributed by atoms with van der Waals surface area (Å²) in [6, 6.07) is 9.90. The zero-order chi connectivity index (χ0) is 23.8. The number of hydrogen-bond donors (Lipinski definition) is 1. The van der Waals surface area contributed by atoms with Crippen molar-refractivity contribution in [1.29, 1.82) is 0 Å². The molecule has 7 heteroatoms. The average Bonchev–Trinajstić information content (AvgIpc) is 3.56. The molecule has 3 aliphatic rings. The molecular formula is C28H33N5O2. The zero-order valence-corrected chi connectivity index (χ0v) is 20.2. The molecule has 2 aromatic heterocycles. The van der Waals surface area contributed by atoms with E-state index in [1.807, 2.05) is 41.6 Å². The largest absolute Gasteiger partial charge is 0.342 e. The van der Waals surface area contributed by atoms with Crippen LogP contribution in [0.15, 0.2) is 48.9 Å². The lowest BCUT2D eigenvalue weighted by atomic mass is 9.76. The van der Waals surface area contributed by atoms with Crippen LogP contribution >= 0.6 is 0 Å². The van der Waals surface area contributed by atoms with Gasteiger partial charge in [-0.15, -0.1) is 0 Å². The van der Waals surface area contributed by atoms with Gasteiger partial charge in [-0.3, -0.25) is 19.7 Å². The summed E-state index contributed by atoms with van der Waals surface area (Å²) in [6.07, 6.45) is 12.7. The Morgan fingerprint density at radius 2 is 1.77 bits per heavy atom. The van der Waals surface area contributed by atoms with E-state index in [1.165, 1.54) is 5.56 Å². The lowest BCUT2D eigenvalue weighted by Crippen LogP contribution is -2.43. The van der Waals surface area contributed by atoms with Crippen LogP contribution in [0, 0.1) is 11.3 Å². The molecule has 1 unspecified atom stereocenters. The lowest BCUT2D eigenvalue weighted by molar-refractivity contribution is -0.136. The number of aromatic amines is 1. The topological polar surface area (TPSA) is 82.2 Å². The molecule has 1 spiro atoms. The molecular weight excluding hydrogens is 438 g/mol. The van der Waals surface area contributed by atoms with Crippen molar-refractivity contribution >= 4 is 22.7 Å². The average molecular weight is 472 g/mol. The normalized spacial score (nSPS) is 22.7. The maximum atomic E-state index is 13.4. The van der Waals surface area contributed by atoms with Crippen molar-refractivity contribution in [2.45, 2.75) is 50.9 Å². The van der Waals surface area contributed by atoms with Gasteiger partial charge in [-0.2, -0.15) is 5.10 Å². The molecule has 1 aromatic carbocycles. The summed E-state index contributed by atoms with van der Waals surface area (Å²) in [4.78, 5) is 34.8. The number of H-pyrrole nitrogens is 1. The van der Waals surface area contributed by atoms with Crippen LogP contribution in [0.3, 0.4) is 0 Å². The molecule has 3 aromatic rings. The van der Waals surface area contributed by atoms with Crippen molar-refractivity contribution in [3.63, 3.8) is 0 Å². The van der Waals surface area contributed by atoms with Crippen molar-refractivity contribution in [1.82, 2.24) is 25.0 Å². The number of amides is 2. The van der Waals surface area contributed by atoms with E-state index in [9.17, 15) is 9.59 Å². The van der Waals surface area contributed by atoms with Crippen LogP contribution in [-0.4, -0.2) is 63.0 Å². The van der Waals surface area contributed by atoms with Gasteiger partial charge in [0.05, 0.1) is 11.7 Å². The van der Waals surface area contributed by atoms with Gasteiger partial charge in [0.2, 0.25) is 5.91 Å². The summed E-state index contributed by atoms with van der Waals surface area (Å²) in [7, 11) is 0. The number of hydrogen-bond acceptors (Lipinski definition) is 4. The van der Waals surface area contributed by atoms with Gasteiger partial charge in [0.1, 0.15) is 0 Å². The van der Waals surface area contributed by atoms with Crippen LogP contribution in [0.5, 0.6) is 0 Å². The Kier molecular flexibility index (Phi) is 5.78. The summed E-state index contributed by atoms with van der Waals surface area (Å²) in [5.74, 6) is 1.12. The van der Waals surface area contributed by atoms with Crippen LogP contribution < -0.4 is 0 Å². The monoisotopic (exact) mass is 471 g/mol. The number of fused-ring (bicyclic) bond motifs is 1. The van der Waals surface area contributed by atoms with Gasteiger partial charge in [0, 0.05) is 55.4 Å². The second kappa shape index (κ2) is 9.10. The van der Waals surface area contributed by atoms with Crippen LogP contribution in [0.1, 0.15) is 66.8 Å². The van der Waals surface area contributed by atoms with Crippen molar-refractivity contribution in [2.75, 3.05) is 26.2 Å². The first-order valence-electron chi connectivity index (χ1n) is 13.0. The molecule has 1 atom stereocenters. The fourth-order valence-electron chi connectivity index (χ4n) is 6.62. The van der Waals surface area contributed by atoms with E-state index in [0.717, 1.165) is 82.0 Å². The van der Waals surface area contributed by atoms with E-state index in [-0.39, 0.29) is 17.2 Å². The Morgan fingerprint density at radius 1 is 0.943 bits per heavy atom. The Labute approximate surface area is 205 Å². The van der Waals surface area contributed by atoms with Crippen molar-refractivity contribution in [3.8, 4) is 0 Å². The van der Waals surface area contributed by atoms with Crippen LogP contribution in [0.25, 0.3) is 10.9 Å². The molecule has 2 amide bonds. The molecule has 2 aliphatic heterocycles. The number of benzene rings is 1. The number of carbonyl (C=O) groups is 2. The summed E-state index contributed by atoms with van der Waals surface area (Å²) < 4.78 is 0. The quantitative estimate of drug-likeness (QED) is 0.614. The van der Waals surface area contributed by atoms with E-state index in [2.05, 4.69) is 26.1 Å². The highest BCUT2D eigenvalue weighted by molar-refractivity contribution is 5.97. The van der Waals surface area contributed by atoms with E-state index in [0.29, 0.717) is 17.4 Å². The van der Waals surface area contributed by atoms with E-state index >= 15 is 0 Å². The van der Waals surface area contributed by atoms with Crippen molar-refractivity contribution < 1.29 is 9.59 Å². The summed E-state index contributed by atoms with van der Waals surface area (Å²) >= 11 is 0. The van der Waals surface area contributed by atoms with Crippen molar-refractivity contribution in [3.05, 3.63) is 60.0 Å². The SMILES string of the molecule is O=C(c1ccc2cn[nH]c2c1)N1CCC2(CCC(C(=O)N3CCC(c4cccnc4)CC3)C2)CC1. The highest BCUT2D eigenvalue weighted by atomic mass is 16.2. The standard InChI is InChI=1S/C28H33N5O2/c34-26(21-3-4-24-19-30-31-25(24)16-21)33-14-9-28(10-15-33)8-5-22(17-28)27(35)32-12-6-20(7-13-32)23-2-1-11-29-18-23/h1-4,11,16,18-20,22H,5-10,12-15,17H2,(H,30,31). The Bertz CT molecular complexity index is 1210. The molecule has 1 N–H and O–H groups in total. The molecule has 0 radical (unpaired) electrons. The van der Waals surface area contributed by atoms with Gasteiger partial charge < -0.3 is 9.80 Å². The van der Waals surface area contributed by atoms with E-state index in [4.69, 9.17) is 0 Å². The summed E-state index contributed by atoms with van der Waals surface area (Å²) in [5, 5.41) is 8.02. The van der Waals surface area contributed by atoms with Crippen LogP contribution in [-0.2, 0) is 4.79 Å².